The van der Waals surface area contributed by atoms with Gasteiger partial charge < -0.3 is 10.4 Å². The highest BCUT2D eigenvalue weighted by atomic mass is 32.2. The number of thiocarbonyl (C=S) groups is 1. The Balaban J connectivity index is 1.42. The average molecular weight is 494 g/mol. The largest absolute Gasteiger partial charge is 0.508 e. The highest BCUT2D eigenvalue weighted by molar-refractivity contribution is 8.26. The molecule has 172 valence electrons. The van der Waals surface area contributed by atoms with E-state index < -0.39 is 36.2 Å². The predicted molar refractivity (Wildman–Crippen MR) is 132 cm³/mol. The number of carbonyl (C=O) groups is 4. The number of phenolic OH excluding ortho intramolecular Hbond substituents is 1. The zero-order valence-corrected chi connectivity index (χ0v) is 19.3. The summed E-state index contributed by atoms with van der Waals surface area (Å²) >= 11 is 6.37. The molecule has 2 aliphatic rings. The van der Waals surface area contributed by atoms with Gasteiger partial charge in [-0.2, -0.15) is 0 Å². The monoisotopic (exact) mass is 493 g/mol. The van der Waals surface area contributed by atoms with E-state index in [0.717, 1.165) is 27.1 Å². The van der Waals surface area contributed by atoms with Crippen molar-refractivity contribution >= 4 is 63.7 Å². The quantitative estimate of drug-likeness (QED) is 0.276. The Labute approximate surface area is 204 Å². The van der Waals surface area contributed by atoms with Crippen molar-refractivity contribution in [3.8, 4) is 5.75 Å². The van der Waals surface area contributed by atoms with Gasteiger partial charge in [-0.3, -0.25) is 29.0 Å². The maximum absolute atomic E-state index is 12.9. The molecule has 10 heteroatoms. The van der Waals surface area contributed by atoms with Gasteiger partial charge in [-0.1, -0.05) is 66.5 Å². The molecule has 0 aromatic heterocycles. The normalized spacial score (nSPS) is 19.6. The van der Waals surface area contributed by atoms with Crippen LogP contribution in [0.3, 0.4) is 0 Å². The number of benzene rings is 2. The van der Waals surface area contributed by atoms with Gasteiger partial charge in [0.25, 0.3) is 11.8 Å². The SMILES string of the molecule is O=C(CN1C(=O)CC(N2C(=O)C(=CC=Cc3ccccc3)SC2=S)C1=O)Nc1ccc(O)cc1. The van der Waals surface area contributed by atoms with Crippen LogP contribution in [0.2, 0.25) is 0 Å². The lowest BCUT2D eigenvalue weighted by molar-refractivity contribution is -0.143. The lowest BCUT2D eigenvalue weighted by atomic mass is 10.2. The first kappa shape index (κ1) is 23.4. The number of thioether (sulfide) groups is 1. The topological polar surface area (TPSA) is 107 Å². The molecule has 2 saturated heterocycles. The second-order valence-corrected chi connectivity index (χ2v) is 9.15. The molecule has 2 N–H and O–H groups in total. The van der Waals surface area contributed by atoms with Crippen LogP contribution in [0.15, 0.2) is 71.7 Å². The van der Waals surface area contributed by atoms with Gasteiger partial charge in [0.15, 0.2) is 0 Å². The van der Waals surface area contributed by atoms with Gasteiger partial charge in [0, 0.05) is 5.69 Å². The van der Waals surface area contributed by atoms with Crippen LogP contribution in [-0.2, 0) is 19.2 Å². The van der Waals surface area contributed by atoms with Crippen molar-refractivity contribution < 1.29 is 24.3 Å². The molecule has 2 heterocycles. The fourth-order valence-corrected chi connectivity index (χ4v) is 4.80. The molecule has 0 radical (unpaired) electrons. The Morgan fingerprint density at radius 1 is 1.12 bits per heavy atom. The number of nitrogens with one attached hydrogen (secondary N) is 1. The van der Waals surface area contributed by atoms with Crippen LogP contribution in [0.25, 0.3) is 6.08 Å². The number of carbonyl (C=O) groups excluding carboxylic acids is 4. The van der Waals surface area contributed by atoms with E-state index in [2.05, 4.69) is 5.32 Å². The Kier molecular flexibility index (Phi) is 6.90. The average Bonchev–Trinajstić information content (AvgIpc) is 3.25. The minimum absolute atomic E-state index is 0.0406. The Hall–Kier alpha value is -3.76. The van der Waals surface area contributed by atoms with Crippen molar-refractivity contribution in [3.63, 3.8) is 0 Å². The van der Waals surface area contributed by atoms with E-state index in [1.165, 1.54) is 24.3 Å². The molecule has 2 aliphatic heterocycles. The fraction of sp³-hybridized carbons (Fsp3) is 0.125. The van der Waals surface area contributed by atoms with Crippen molar-refractivity contribution in [1.29, 1.82) is 0 Å². The first-order valence-corrected chi connectivity index (χ1v) is 11.5. The summed E-state index contributed by atoms with van der Waals surface area (Å²) in [6.45, 7) is -0.487. The van der Waals surface area contributed by atoms with Gasteiger partial charge >= 0.3 is 0 Å². The molecule has 0 saturated carbocycles. The molecule has 2 aromatic carbocycles. The van der Waals surface area contributed by atoms with Crippen LogP contribution < -0.4 is 5.32 Å². The minimum atomic E-state index is -1.08. The second-order valence-electron chi connectivity index (χ2n) is 7.48. The number of hydrogen-bond acceptors (Lipinski definition) is 7. The molecule has 0 bridgehead atoms. The number of amides is 4. The summed E-state index contributed by atoms with van der Waals surface area (Å²) in [6.07, 6.45) is 4.94. The Morgan fingerprint density at radius 3 is 2.53 bits per heavy atom. The Morgan fingerprint density at radius 2 is 1.82 bits per heavy atom. The number of nitrogens with zero attached hydrogens (tertiary/aromatic N) is 2. The molecule has 1 atom stereocenters. The molecule has 0 aliphatic carbocycles. The maximum Gasteiger partial charge on any atom is 0.266 e. The van der Waals surface area contributed by atoms with E-state index in [0.29, 0.717) is 10.6 Å². The van der Waals surface area contributed by atoms with Gasteiger partial charge in [-0.05, 0) is 35.9 Å². The zero-order valence-electron chi connectivity index (χ0n) is 17.7. The third-order valence-electron chi connectivity index (χ3n) is 5.14. The van der Waals surface area contributed by atoms with Gasteiger partial charge in [0.05, 0.1) is 11.3 Å². The van der Waals surface area contributed by atoms with Crippen molar-refractivity contribution in [3.05, 3.63) is 77.2 Å². The van der Waals surface area contributed by atoms with Gasteiger partial charge in [-0.15, -0.1) is 0 Å². The molecule has 34 heavy (non-hydrogen) atoms. The van der Waals surface area contributed by atoms with Gasteiger partial charge in [0.2, 0.25) is 11.8 Å². The van der Waals surface area contributed by atoms with Gasteiger partial charge in [0.1, 0.15) is 22.7 Å². The van der Waals surface area contributed by atoms with E-state index in [1.54, 1.807) is 12.2 Å². The van der Waals surface area contributed by atoms with Crippen LogP contribution >= 0.6 is 24.0 Å². The van der Waals surface area contributed by atoms with E-state index in [9.17, 15) is 24.3 Å². The highest BCUT2D eigenvalue weighted by Crippen LogP contribution is 2.35. The summed E-state index contributed by atoms with van der Waals surface area (Å²) in [5.74, 6) is -2.20. The molecule has 0 spiro atoms. The number of hydrogen-bond donors (Lipinski definition) is 2. The van der Waals surface area contributed by atoms with Crippen LogP contribution in [0.1, 0.15) is 12.0 Å². The van der Waals surface area contributed by atoms with Crippen LogP contribution in [-0.4, -0.2) is 55.4 Å². The first-order valence-electron chi connectivity index (χ1n) is 10.3. The molecule has 2 aromatic rings. The summed E-state index contributed by atoms with van der Waals surface area (Å²) in [4.78, 5) is 53.0. The second kappa shape index (κ2) is 10.0. The van der Waals surface area contributed by atoms with E-state index in [1.807, 2.05) is 36.4 Å². The number of allylic oxidation sites excluding steroid dienone is 2. The highest BCUT2D eigenvalue weighted by Gasteiger charge is 2.48. The van der Waals surface area contributed by atoms with Crippen molar-refractivity contribution in [1.82, 2.24) is 9.80 Å². The fourth-order valence-electron chi connectivity index (χ4n) is 3.50. The van der Waals surface area contributed by atoms with E-state index in [4.69, 9.17) is 12.2 Å². The standard InChI is InChI=1S/C24H19N3O5S2/c28-17-11-9-16(10-12-17)25-20(29)14-26-21(30)13-18(22(26)31)27-23(32)19(34-24(27)33)8-4-7-15-5-2-1-3-6-15/h1-12,18,28H,13-14H2,(H,25,29). The summed E-state index contributed by atoms with van der Waals surface area (Å²) in [7, 11) is 0. The van der Waals surface area contributed by atoms with Crippen LogP contribution in [0, 0.1) is 0 Å². The number of rotatable bonds is 6. The number of aromatic hydroxyl groups is 1. The lowest BCUT2D eigenvalue weighted by Crippen LogP contribution is -2.45. The van der Waals surface area contributed by atoms with Crippen molar-refractivity contribution in [2.24, 2.45) is 0 Å². The molecular formula is C24H19N3O5S2. The maximum atomic E-state index is 12.9. The molecule has 4 rings (SSSR count). The van der Waals surface area contributed by atoms with Crippen molar-refractivity contribution in [2.45, 2.75) is 12.5 Å². The number of likely N-dealkylation sites (tertiary alicyclic amines) is 1. The third kappa shape index (κ3) is 5.08. The van der Waals surface area contributed by atoms with Crippen LogP contribution in [0.4, 0.5) is 5.69 Å². The van der Waals surface area contributed by atoms with Gasteiger partial charge in [-0.25, -0.2) is 0 Å². The van der Waals surface area contributed by atoms with E-state index in [-0.39, 0.29) is 16.5 Å². The Bertz CT molecular complexity index is 1220. The zero-order chi connectivity index (χ0) is 24.2. The lowest BCUT2D eigenvalue weighted by Gasteiger charge is -2.21. The molecular weight excluding hydrogens is 474 g/mol. The summed E-state index contributed by atoms with van der Waals surface area (Å²) in [5.41, 5.74) is 1.37. The summed E-state index contributed by atoms with van der Waals surface area (Å²) < 4.78 is 0.186. The first-order chi connectivity index (χ1) is 16.3. The molecule has 8 nitrogen and oxygen atoms in total. The predicted octanol–water partition coefficient (Wildman–Crippen LogP) is 2.92. The molecule has 2 fully saturated rings. The number of phenols is 1. The molecule has 1 unspecified atom stereocenters. The minimum Gasteiger partial charge on any atom is -0.508 e. The summed E-state index contributed by atoms with van der Waals surface area (Å²) in [5, 5.41) is 11.9. The van der Waals surface area contributed by atoms with Crippen LogP contribution in [0.5, 0.6) is 5.75 Å². The summed E-state index contributed by atoms with van der Waals surface area (Å²) in [6, 6.07) is 14.2. The number of imide groups is 1. The molecule has 4 amide bonds. The van der Waals surface area contributed by atoms with E-state index >= 15 is 0 Å². The number of anilines is 1. The third-order valence-corrected chi connectivity index (χ3v) is 6.49. The smallest absolute Gasteiger partial charge is 0.266 e. The van der Waals surface area contributed by atoms with Crippen molar-refractivity contribution in [2.75, 3.05) is 11.9 Å².